The van der Waals surface area contributed by atoms with Crippen LogP contribution in [-0.2, 0) is 10.0 Å². The molecule has 0 aromatic carbocycles. The number of piperidine rings is 1. The normalized spacial score (nSPS) is 21.1. The zero-order valence-corrected chi connectivity index (χ0v) is 12.1. The number of hydrogen-bond donors (Lipinski definition) is 2. The molecule has 18 heavy (non-hydrogen) atoms. The van der Waals surface area contributed by atoms with Gasteiger partial charge in [0.2, 0.25) is 10.0 Å². The lowest BCUT2D eigenvalue weighted by atomic mass is 9.99. The highest BCUT2D eigenvalue weighted by molar-refractivity contribution is 7.88. The van der Waals surface area contributed by atoms with Crippen LogP contribution in [0.25, 0.3) is 0 Å². The summed E-state index contributed by atoms with van der Waals surface area (Å²) in [6.45, 7) is 5.61. The molecule has 0 radical (unpaired) electrons. The third-order valence-corrected chi connectivity index (χ3v) is 3.54. The maximum absolute atomic E-state index is 11.8. The molecule has 6 nitrogen and oxygen atoms in total. The van der Waals surface area contributed by atoms with Crippen LogP contribution in [-0.4, -0.2) is 51.3 Å². The Labute approximate surface area is 109 Å². The number of sulfonamides is 1. The van der Waals surface area contributed by atoms with Crippen LogP contribution in [0.3, 0.4) is 0 Å². The number of nitrogens with zero attached hydrogens (tertiary/aromatic N) is 1. The molecule has 1 aliphatic heterocycles. The highest BCUT2D eigenvalue weighted by Crippen LogP contribution is 2.16. The number of carbonyl (C=O) groups excluding carboxylic acids is 1. The van der Waals surface area contributed by atoms with Crippen molar-refractivity contribution in [1.82, 2.24) is 14.9 Å². The molecule has 0 aromatic heterocycles. The molecule has 2 amide bonds. The van der Waals surface area contributed by atoms with Gasteiger partial charge in [-0.1, -0.05) is 0 Å². The Bertz CT molecular complexity index is 381. The van der Waals surface area contributed by atoms with E-state index >= 15 is 0 Å². The fourth-order valence-corrected chi connectivity index (χ4v) is 2.56. The summed E-state index contributed by atoms with van der Waals surface area (Å²) in [5.41, 5.74) is 0. The van der Waals surface area contributed by atoms with E-state index < -0.39 is 10.0 Å². The first kappa shape index (κ1) is 15.2. The van der Waals surface area contributed by atoms with E-state index in [1.54, 1.807) is 4.90 Å². The molecule has 1 atom stereocenters. The maximum atomic E-state index is 11.8. The first-order valence-electron chi connectivity index (χ1n) is 6.28. The molecule has 0 unspecified atom stereocenters. The van der Waals surface area contributed by atoms with Gasteiger partial charge in [-0.15, -0.1) is 0 Å². The average molecular weight is 277 g/mol. The molecular formula is C11H23N3O3S. The predicted molar refractivity (Wildman–Crippen MR) is 70.8 cm³/mol. The van der Waals surface area contributed by atoms with Crippen molar-refractivity contribution in [1.29, 1.82) is 0 Å². The molecular weight excluding hydrogens is 254 g/mol. The van der Waals surface area contributed by atoms with Crippen LogP contribution in [0.15, 0.2) is 0 Å². The molecule has 0 bridgehead atoms. The number of nitrogens with one attached hydrogen (secondary N) is 2. The van der Waals surface area contributed by atoms with Gasteiger partial charge in [0, 0.05) is 25.7 Å². The van der Waals surface area contributed by atoms with Gasteiger partial charge in [-0.3, -0.25) is 0 Å². The minimum absolute atomic E-state index is 0.0611. The lowest BCUT2D eigenvalue weighted by Gasteiger charge is -2.33. The molecule has 1 rings (SSSR count). The fraction of sp³-hybridized carbons (Fsp3) is 0.909. The largest absolute Gasteiger partial charge is 0.336 e. The van der Waals surface area contributed by atoms with Crippen LogP contribution < -0.4 is 10.0 Å². The molecule has 1 saturated heterocycles. The lowest BCUT2D eigenvalue weighted by Crippen LogP contribution is -2.49. The molecule has 1 heterocycles. The molecule has 7 heteroatoms. The second-order valence-corrected chi connectivity index (χ2v) is 7.01. The second-order valence-electron chi connectivity index (χ2n) is 5.18. The van der Waals surface area contributed by atoms with Gasteiger partial charge < -0.3 is 10.2 Å². The Morgan fingerprint density at radius 3 is 2.67 bits per heavy atom. The van der Waals surface area contributed by atoms with Crippen molar-refractivity contribution in [2.75, 3.05) is 25.9 Å². The number of amides is 2. The van der Waals surface area contributed by atoms with Crippen molar-refractivity contribution >= 4 is 16.1 Å². The summed E-state index contributed by atoms with van der Waals surface area (Å²) in [5.74, 6) is 0.200. The van der Waals surface area contributed by atoms with E-state index in [1.165, 1.54) is 0 Å². The van der Waals surface area contributed by atoms with Crippen LogP contribution in [0.5, 0.6) is 0 Å². The first-order valence-corrected chi connectivity index (χ1v) is 8.17. The van der Waals surface area contributed by atoms with Gasteiger partial charge in [0.15, 0.2) is 0 Å². The van der Waals surface area contributed by atoms with E-state index in [0.29, 0.717) is 13.1 Å². The third kappa shape index (κ3) is 5.68. The van der Waals surface area contributed by atoms with Crippen molar-refractivity contribution in [3.05, 3.63) is 0 Å². The van der Waals surface area contributed by atoms with Gasteiger partial charge in [-0.2, -0.15) is 0 Å². The Morgan fingerprint density at radius 2 is 2.11 bits per heavy atom. The van der Waals surface area contributed by atoms with E-state index in [2.05, 4.69) is 10.0 Å². The number of hydrogen-bond acceptors (Lipinski definition) is 3. The van der Waals surface area contributed by atoms with Crippen LogP contribution in [0, 0.1) is 5.92 Å². The average Bonchev–Trinajstić information content (AvgIpc) is 2.25. The number of carbonyl (C=O) groups is 1. The van der Waals surface area contributed by atoms with E-state index in [1.807, 2.05) is 13.8 Å². The SMILES string of the molecule is CC(C)NC(=O)N1CCC[C@@H](CNS(C)(=O)=O)C1. The Balaban J connectivity index is 2.43. The van der Waals surface area contributed by atoms with Gasteiger partial charge in [0.1, 0.15) is 0 Å². The topological polar surface area (TPSA) is 78.5 Å². The van der Waals surface area contributed by atoms with E-state index in [4.69, 9.17) is 0 Å². The Morgan fingerprint density at radius 1 is 1.44 bits per heavy atom. The van der Waals surface area contributed by atoms with Crippen molar-refractivity contribution in [2.24, 2.45) is 5.92 Å². The lowest BCUT2D eigenvalue weighted by molar-refractivity contribution is 0.164. The van der Waals surface area contributed by atoms with Crippen LogP contribution in [0.1, 0.15) is 26.7 Å². The minimum Gasteiger partial charge on any atom is -0.336 e. The summed E-state index contributed by atoms with van der Waals surface area (Å²) in [6.07, 6.45) is 3.02. The van der Waals surface area contributed by atoms with Gasteiger partial charge in [0.05, 0.1) is 6.26 Å². The fourth-order valence-electron chi connectivity index (χ4n) is 2.02. The minimum atomic E-state index is -3.15. The molecule has 1 aliphatic rings. The molecule has 2 N–H and O–H groups in total. The Kier molecular flexibility index (Phi) is 5.40. The van der Waals surface area contributed by atoms with Crippen molar-refractivity contribution in [3.63, 3.8) is 0 Å². The van der Waals surface area contributed by atoms with Crippen molar-refractivity contribution in [2.45, 2.75) is 32.7 Å². The Hall–Kier alpha value is -0.820. The molecule has 106 valence electrons. The van der Waals surface area contributed by atoms with E-state index in [9.17, 15) is 13.2 Å². The third-order valence-electron chi connectivity index (χ3n) is 2.85. The monoisotopic (exact) mass is 277 g/mol. The smallest absolute Gasteiger partial charge is 0.317 e. The van der Waals surface area contributed by atoms with Crippen LogP contribution >= 0.6 is 0 Å². The molecule has 0 spiro atoms. The quantitative estimate of drug-likeness (QED) is 0.779. The highest BCUT2D eigenvalue weighted by atomic mass is 32.2. The first-order chi connectivity index (χ1) is 8.28. The number of urea groups is 1. The summed E-state index contributed by atoms with van der Waals surface area (Å²) in [5, 5.41) is 2.85. The van der Waals surface area contributed by atoms with E-state index in [-0.39, 0.29) is 18.0 Å². The van der Waals surface area contributed by atoms with Crippen LogP contribution in [0.4, 0.5) is 4.79 Å². The zero-order valence-electron chi connectivity index (χ0n) is 11.3. The van der Waals surface area contributed by atoms with Crippen molar-refractivity contribution < 1.29 is 13.2 Å². The summed E-state index contributed by atoms with van der Waals surface area (Å²) >= 11 is 0. The van der Waals surface area contributed by atoms with Crippen LogP contribution in [0.2, 0.25) is 0 Å². The number of likely N-dealkylation sites (tertiary alicyclic amines) is 1. The standard InChI is InChI=1S/C11H23N3O3S/c1-9(2)13-11(15)14-6-4-5-10(8-14)7-12-18(3,16)17/h9-10,12H,4-8H2,1-3H3,(H,13,15)/t10-/m0/s1. The molecule has 0 aliphatic carbocycles. The van der Waals surface area contributed by atoms with Crippen molar-refractivity contribution in [3.8, 4) is 0 Å². The van der Waals surface area contributed by atoms with Gasteiger partial charge in [-0.05, 0) is 32.6 Å². The molecule has 1 fully saturated rings. The second kappa shape index (κ2) is 6.38. The highest BCUT2D eigenvalue weighted by Gasteiger charge is 2.24. The molecule has 0 saturated carbocycles. The summed E-state index contributed by atoms with van der Waals surface area (Å²) in [6, 6.07) is 0.0566. The van der Waals surface area contributed by atoms with Gasteiger partial charge in [0.25, 0.3) is 0 Å². The summed E-state index contributed by atoms with van der Waals surface area (Å²) in [4.78, 5) is 13.6. The number of rotatable bonds is 4. The van der Waals surface area contributed by atoms with Gasteiger partial charge in [-0.25, -0.2) is 17.9 Å². The summed E-state index contributed by atoms with van der Waals surface area (Å²) < 4.78 is 24.6. The van der Waals surface area contributed by atoms with Gasteiger partial charge >= 0.3 is 6.03 Å². The molecule has 0 aromatic rings. The predicted octanol–water partition coefficient (Wildman–Crippen LogP) is 0.366. The zero-order chi connectivity index (χ0) is 13.8. The maximum Gasteiger partial charge on any atom is 0.317 e. The van der Waals surface area contributed by atoms with E-state index in [0.717, 1.165) is 25.6 Å². The summed E-state index contributed by atoms with van der Waals surface area (Å²) in [7, 11) is -3.15.